The predicted molar refractivity (Wildman–Crippen MR) is 72.3 cm³/mol. The maximum absolute atomic E-state index is 12.2. The summed E-state index contributed by atoms with van der Waals surface area (Å²) in [6.07, 6.45) is 4.27. The Bertz CT molecular complexity index is 572. The van der Waals surface area contributed by atoms with Crippen molar-refractivity contribution in [3.05, 3.63) is 73.5 Å². The number of ether oxygens (including phenoxy) is 2. The average Bonchev–Trinajstić information content (AvgIpc) is 2.92. The zero-order chi connectivity index (χ0) is 13.7. The van der Waals surface area contributed by atoms with Gasteiger partial charge >= 0.3 is 0 Å². The lowest BCUT2D eigenvalue weighted by molar-refractivity contribution is 0.103. The summed E-state index contributed by atoms with van der Waals surface area (Å²) in [4.78, 5) is 15.1. The first-order chi connectivity index (χ1) is 9.24. The SMILES string of the molecule is C=COc1cc(OC=C)cc(C(=O)c2ccc[nH]2)c1. The molecular formula is C15H13NO3. The lowest BCUT2D eigenvalue weighted by Crippen LogP contribution is -2.02. The van der Waals surface area contributed by atoms with E-state index in [0.717, 1.165) is 0 Å². The third-order valence-electron chi connectivity index (χ3n) is 2.42. The standard InChI is InChI=1S/C15H13NO3/c1-3-18-12-8-11(9-13(10-12)19-4-2)15(17)14-6-5-7-16-14/h3-10,16H,1-2H2. The van der Waals surface area contributed by atoms with Gasteiger partial charge in [-0.05, 0) is 24.3 Å². The molecule has 0 radical (unpaired) electrons. The Morgan fingerprint density at radius 2 is 1.74 bits per heavy atom. The number of H-pyrrole nitrogens is 1. The van der Waals surface area contributed by atoms with E-state index in [9.17, 15) is 4.79 Å². The maximum Gasteiger partial charge on any atom is 0.209 e. The van der Waals surface area contributed by atoms with E-state index in [1.165, 1.54) is 12.5 Å². The largest absolute Gasteiger partial charge is 0.465 e. The van der Waals surface area contributed by atoms with E-state index in [1.54, 1.807) is 36.5 Å². The zero-order valence-electron chi connectivity index (χ0n) is 10.3. The highest BCUT2D eigenvalue weighted by Crippen LogP contribution is 2.25. The molecule has 0 amide bonds. The van der Waals surface area contributed by atoms with Crippen LogP contribution in [0.5, 0.6) is 11.5 Å². The molecular weight excluding hydrogens is 242 g/mol. The summed E-state index contributed by atoms with van der Waals surface area (Å²) >= 11 is 0. The van der Waals surface area contributed by atoms with Crippen molar-refractivity contribution in [3.8, 4) is 11.5 Å². The lowest BCUT2D eigenvalue weighted by atomic mass is 10.1. The number of hydrogen-bond acceptors (Lipinski definition) is 3. The summed E-state index contributed by atoms with van der Waals surface area (Å²) < 4.78 is 10.4. The molecule has 1 N–H and O–H groups in total. The highest BCUT2D eigenvalue weighted by Gasteiger charge is 2.12. The van der Waals surface area contributed by atoms with Crippen molar-refractivity contribution in [2.45, 2.75) is 0 Å². The van der Waals surface area contributed by atoms with E-state index >= 15 is 0 Å². The van der Waals surface area contributed by atoms with Gasteiger partial charge in [-0.1, -0.05) is 13.2 Å². The van der Waals surface area contributed by atoms with Crippen LogP contribution in [0.1, 0.15) is 16.1 Å². The molecule has 0 aliphatic rings. The fourth-order valence-electron chi connectivity index (χ4n) is 1.66. The van der Waals surface area contributed by atoms with Crippen LogP contribution in [-0.4, -0.2) is 10.8 Å². The van der Waals surface area contributed by atoms with Gasteiger partial charge in [0.1, 0.15) is 11.5 Å². The third kappa shape index (κ3) is 2.93. The molecule has 0 fully saturated rings. The summed E-state index contributed by atoms with van der Waals surface area (Å²) in [5.41, 5.74) is 0.957. The van der Waals surface area contributed by atoms with Crippen molar-refractivity contribution in [2.75, 3.05) is 0 Å². The molecule has 19 heavy (non-hydrogen) atoms. The van der Waals surface area contributed by atoms with Gasteiger partial charge in [0.15, 0.2) is 0 Å². The number of benzene rings is 1. The smallest absolute Gasteiger partial charge is 0.209 e. The van der Waals surface area contributed by atoms with Crippen LogP contribution in [-0.2, 0) is 0 Å². The monoisotopic (exact) mass is 255 g/mol. The van der Waals surface area contributed by atoms with E-state index in [-0.39, 0.29) is 5.78 Å². The number of carbonyl (C=O) groups excluding carboxylic acids is 1. The zero-order valence-corrected chi connectivity index (χ0v) is 10.3. The molecule has 2 rings (SSSR count). The van der Waals surface area contributed by atoms with Gasteiger partial charge in [0, 0.05) is 17.8 Å². The maximum atomic E-state index is 12.2. The van der Waals surface area contributed by atoms with Crippen molar-refractivity contribution in [1.29, 1.82) is 0 Å². The van der Waals surface area contributed by atoms with Crippen LogP contribution in [0.4, 0.5) is 0 Å². The number of aromatic amines is 1. The second-order valence-electron chi connectivity index (χ2n) is 3.68. The molecule has 0 bridgehead atoms. The van der Waals surface area contributed by atoms with Crippen LogP contribution in [0.2, 0.25) is 0 Å². The van der Waals surface area contributed by atoms with E-state index in [2.05, 4.69) is 18.1 Å². The fourth-order valence-corrected chi connectivity index (χ4v) is 1.66. The Morgan fingerprint density at radius 1 is 1.11 bits per heavy atom. The summed E-state index contributed by atoms with van der Waals surface area (Å²) in [7, 11) is 0. The summed E-state index contributed by atoms with van der Waals surface area (Å²) in [6, 6.07) is 8.37. The third-order valence-corrected chi connectivity index (χ3v) is 2.42. The Morgan fingerprint density at radius 3 is 2.21 bits per heavy atom. The topological polar surface area (TPSA) is 51.3 Å². The molecule has 0 atom stereocenters. The molecule has 1 aromatic heterocycles. The van der Waals surface area contributed by atoms with Crippen LogP contribution in [0, 0.1) is 0 Å². The molecule has 2 aromatic rings. The average molecular weight is 255 g/mol. The minimum Gasteiger partial charge on any atom is -0.465 e. The molecule has 4 heteroatoms. The van der Waals surface area contributed by atoms with Crippen LogP contribution in [0.15, 0.2) is 62.2 Å². The summed E-state index contributed by atoms with van der Waals surface area (Å²) in [5, 5.41) is 0. The molecule has 0 saturated carbocycles. The van der Waals surface area contributed by atoms with Crippen LogP contribution in [0.25, 0.3) is 0 Å². The number of nitrogens with one attached hydrogen (secondary N) is 1. The van der Waals surface area contributed by atoms with E-state index in [1.807, 2.05) is 0 Å². The van der Waals surface area contributed by atoms with Crippen LogP contribution in [0.3, 0.4) is 0 Å². The Hall–Kier alpha value is -2.75. The molecule has 0 aliphatic heterocycles. The van der Waals surface area contributed by atoms with Gasteiger partial charge in [-0.15, -0.1) is 0 Å². The first-order valence-corrected chi connectivity index (χ1v) is 5.63. The highest BCUT2D eigenvalue weighted by atomic mass is 16.5. The summed E-state index contributed by atoms with van der Waals surface area (Å²) in [5.74, 6) is 0.807. The van der Waals surface area contributed by atoms with Gasteiger partial charge in [0.25, 0.3) is 0 Å². The molecule has 0 aliphatic carbocycles. The van der Waals surface area contributed by atoms with Gasteiger partial charge in [0.2, 0.25) is 5.78 Å². The first-order valence-electron chi connectivity index (χ1n) is 5.63. The van der Waals surface area contributed by atoms with Crippen molar-refractivity contribution in [1.82, 2.24) is 4.98 Å². The van der Waals surface area contributed by atoms with Gasteiger partial charge in [-0.2, -0.15) is 0 Å². The number of hydrogen-bond donors (Lipinski definition) is 1. The minimum absolute atomic E-state index is 0.145. The Labute approximate surface area is 111 Å². The first kappa shape index (κ1) is 12.7. The molecule has 1 aromatic carbocycles. The fraction of sp³-hybridized carbons (Fsp3) is 0. The second kappa shape index (κ2) is 5.73. The quantitative estimate of drug-likeness (QED) is 0.636. The highest BCUT2D eigenvalue weighted by molar-refractivity contribution is 6.08. The second-order valence-corrected chi connectivity index (χ2v) is 3.68. The molecule has 96 valence electrons. The molecule has 4 nitrogen and oxygen atoms in total. The van der Waals surface area contributed by atoms with Gasteiger partial charge in [-0.3, -0.25) is 4.79 Å². The van der Waals surface area contributed by atoms with Crippen LogP contribution < -0.4 is 9.47 Å². The lowest BCUT2D eigenvalue weighted by Gasteiger charge is -2.07. The van der Waals surface area contributed by atoms with Gasteiger partial charge in [-0.25, -0.2) is 0 Å². The molecule has 0 saturated heterocycles. The molecule has 0 unspecified atom stereocenters. The number of rotatable bonds is 6. The van der Waals surface area contributed by atoms with Crippen LogP contribution >= 0.6 is 0 Å². The van der Waals surface area contributed by atoms with Gasteiger partial charge in [0.05, 0.1) is 18.2 Å². The van der Waals surface area contributed by atoms with Crippen molar-refractivity contribution in [3.63, 3.8) is 0 Å². The predicted octanol–water partition coefficient (Wildman–Crippen LogP) is 3.29. The van der Waals surface area contributed by atoms with Crippen molar-refractivity contribution in [2.24, 2.45) is 0 Å². The van der Waals surface area contributed by atoms with E-state index in [4.69, 9.17) is 9.47 Å². The van der Waals surface area contributed by atoms with E-state index < -0.39 is 0 Å². The Kier molecular flexibility index (Phi) is 3.83. The summed E-state index contributed by atoms with van der Waals surface area (Å²) in [6.45, 7) is 6.96. The van der Waals surface area contributed by atoms with E-state index in [0.29, 0.717) is 22.8 Å². The minimum atomic E-state index is -0.145. The number of ketones is 1. The number of aromatic nitrogens is 1. The van der Waals surface area contributed by atoms with Gasteiger partial charge < -0.3 is 14.5 Å². The normalized spacial score (nSPS) is 9.68. The molecule has 1 heterocycles. The Balaban J connectivity index is 2.40. The van der Waals surface area contributed by atoms with Crippen molar-refractivity contribution >= 4 is 5.78 Å². The molecule has 0 spiro atoms. The van der Waals surface area contributed by atoms with Crippen molar-refractivity contribution < 1.29 is 14.3 Å². The number of carbonyl (C=O) groups is 1.